The molecule has 0 bridgehead atoms. The van der Waals surface area contributed by atoms with Gasteiger partial charge in [-0.15, -0.1) is 0 Å². The van der Waals surface area contributed by atoms with Gasteiger partial charge in [-0.3, -0.25) is 9.20 Å². The van der Waals surface area contributed by atoms with Crippen molar-refractivity contribution in [3.8, 4) is 11.1 Å². The number of aromatic nitrogens is 2. The zero-order valence-corrected chi connectivity index (χ0v) is 13.0. The van der Waals surface area contributed by atoms with Crippen LogP contribution in [0.4, 0.5) is 0 Å². The van der Waals surface area contributed by atoms with Crippen LogP contribution < -0.4 is 5.56 Å². The Morgan fingerprint density at radius 2 is 1.67 bits per heavy atom. The van der Waals surface area contributed by atoms with E-state index in [9.17, 15) is 4.79 Å². The molecular weight excluding hydrogens is 260 g/mol. The maximum Gasteiger partial charge on any atom is 0.261 e. The molecule has 3 heteroatoms. The van der Waals surface area contributed by atoms with Crippen molar-refractivity contribution in [2.75, 3.05) is 0 Å². The first kappa shape index (κ1) is 13.7. The molecule has 0 aliphatic carbocycles. The van der Waals surface area contributed by atoms with E-state index >= 15 is 0 Å². The molecule has 2 heterocycles. The summed E-state index contributed by atoms with van der Waals surface area (Å²) >= 11 is 0. The fourth-order valence-electron chi connectivity index (χ4n) is 3.05. The topological polar surface area (TPSA) is 26.4 Å². The van der Waals surface area contributed by atoms with Crippen LogP contribution in [0.2, 0.25) is 0 Å². The molecule has 3 rings (SSSR count). The monoisotopic (exact) mass is 280 g/mol. The molecular formula is C18H20N2O. The maximum absolute atomic E-state index is 12.6. The molecule has 0 aliphatic rings. The van der Waals surface area contributed by atoms with Crippen molar-refractivity contribution in [2.45, 2.75) is 34.2 Å². The van der Waals surface area contributed by atoms with Crippen LogP contribution in [0, 0.1) is 20.8 Å². The van der Waals surface area contributed by atoms with Crippen molar-refractivity contribution in [2.24, 2.45) is 0 Å². The Kier molecular flexibility index (Phi) is 3.20. The van der Waals surface area contributed by atoms with Gasteiger partial charge in [0, 0.05) is 29.1 Å². The molecule has 0 atom stereocenters. The summed E-state index contributed by atoms with van der Waals surface area (Å²) in [5.41, 5.74) is 6.21. The Balaban J connectivity index is 2.45. The first-order chi connectivity index (χ1) is 10.1. The van der Waals surface area contributed by atoms with Crippen LogP contribution in [-0.4, -0.2) is 8.97 Å². The van der Waals surface area contributed by atoms with E-state index in [1.54, 1.807) is 0 Å². The Labute approximate surface area is 124 Å². The second kappa shape index (κ2) is 4.92. The maximum atomic E-state index is 12.6. The minimum Gasteiger partial charge on any atom is -0.331 e. The van der Waals surface area contributed by atoms with E-state index in [2.05, 4.69) is 29.7 Å². The lowest BCUT2D eigenvalue weighted by Gasteiger charge is -2.13. The normalized spacial score (nSPS) is 11.2. The molecule has 0 radical (unpaired) electrons. The number of fused-ring (bicyclic) bond motifs is 1. The highest BCUT2D eigenvalue weighted by Gasteiger charge is 2.16. The highest BCUT2D eigenvalue weighted by atomic mass is 16.1. The van der Waals surface area contributed by atoms with Gasteiger partial charge < -0.3 is 4.57 Å². The fraction of sp³-hybridized carbons (Fsp3) is 0.278. The van der Waals surface area contributed by atoms with Crippen LogP contribution in [0.5, 0.6) is 0 Å². The van der Waals surface area contributed by atoms with Gasteiger partial charge in [0.15, 0.2) is 0 Å². The number of benzene rings is 1. The van der Waals surface area contributed by atoms with Gasteiger partial charge in [0.2, 0.25) is 0 Å². The van der Waals surface area contributed by atoms with E-state index < -0.39 is 0 Å². The number of rotatable bonds is 2. The third-order valence-electron chi connectivity index (χ3n) is 4.38. The van der Waals surface area contributed by atoms with Gasteiger partial charge in [0.25, 0.3) is 5.56 Å². The average molecular weight is 280 g/mol. The summed E-state index contributed by atoms with van der Waals surface area (Å²) in [5.74, 6) is 0. The highest BCUT2D eigenvalue weighted by Crippen LogP contribution is 2.27. The zero-order valence-electron chi connectivity index (χ0n) is 13.0. The first-order valence-electron chi connectivity index (χ1n) is 7.33. The van der Waals surface area contributed by atoms with E-state index in [1.165, 1.54) is 0 Å². The van der Waals surface area contributed by atoms with Crippen LogP contribution in [-0.2, 0) is 6.54 Å². The molecule has 3 aromatic rings. The second-order valence-electron chi connectivity index (χ2n) is 5.46. The van der Waals surface area contributed by atoms with Crippen molar-refractivity contribution < 1.29 is 0 Å². The third-order valence-corrected chi connectivity index (χ3v) is 4.38. The standard InChI is InChI=1S/C18H20N2O/c1-5-19-13(3)12(2)18(21)20-14(4)16(11-17(19)20)15-9-7-6-8-10-15/h6-11H,5H2,1-4H3. The van der Waals surface area contributed by atoms with Crippen molar-refractivity contribution in [1.29, 1.82) is 0 Å². The summed E-state index contributed by atoms with van der Waals surface area (Å²) in [6.45, 7) is 8.91. The minimum absolute atomic E-state index is 0.0897. The SMILES string of the molecule is CCn1c(C)c(C)c(=O)n2c(C)c(-c3ccccc3)cc12. The number of aryl methyl sites for hydroxylation is 2. The van der Waals surface area contributed by atoms with Gasteiger partial charge in [-0.2, -0.15) is 0 Å². The number of nitrogens with zero attached hydrogens (tertiary/aromatic N) is 2. The Hall–Kier alpha value is -2.29. The van der Waals surface area contributed by atoms with Gasteiger partial charge in [0.05, 0.1) is 0 Å². The molecule has 0 spiro atoms. The number of hydrogen-bond donors (Lipinski definition) is 0. The van der Waals surface area contributed by atoms with E-state index in [4.69, 9.17) is 0 Å². The fourth-order valence-corrected chi connectivity index (χ4v) is 3.05. The summed E-state index contributed by atoms with van der Waals surface area (Å²) in [6, 6.07) is 12.4. The number of hydrogen-bond acceptors (Lipinski definition) is 1. The summed E-state index contributed by atoms with van der Waals surface area (Å²) in [5, 5.41) is 0. The molecule has 108 valence electrons. The minimum atomic E-state index is 0.0897. The largest absolute Gasteiger partial charge is 0.331 e. The van der Waals surface area contributed by atoms with Crippen LogP contribution in [0.25, 0.3) is 16.8 Å². The van der Waals surface area contributed by atoms with E-state index in [-0.39, 0.29) is 5.56 Å². The molecule has 1 aromatic carbocycles. The van der Waals surface area contributed by atoms with Crippen LogP contribution in [0.1, 0.15) is 23.9 Å². The van der Waals surface area contributed by atoms with E-state index in [0.29, 0.717) is 0 Å². The third kappa shape index (κ3) is 1.92. The van der Waals surface area contributed by atoms with Crippen molar-refractivity contribution in [3.63, 3.8) is 0 Å². The lowest BCUT2D eigenvalue weighted by atomic mass is 10.1. The second-order valence-corrected chi connectivity index (χ2v) is 5.46. The Bertz CT molecular complexity index is 870. The van der Waals surface area contributed by atoms with Crippen molar-refractivity contribution >= 4 is 5.65 Å². The predicted molar refractivity (Wildman–Crippen MR) is 87.0 cm³/mol. The zero-order chi connectivity index (χ0) is 15.1. The highest BCUT2D eigenvalue weighted by molar-refractivity contribution is 5.72. The smallest absolute Gasteiger partial charge is 0.261 e. The molecule has 0 saturated carbocycles. The van der Waals surface area contributed by atoms with Gasteiger partial charge in [0.1, 0.15) is 5.65 Å². The van der Waals surface area contributed by atoms with Crippen molar-refractivity contribution in [1.82, 2.24) is 8.97 Å². The molecule has 3 nitrogen and oxygen atoms in total. The lowest BCUT2D eigenvalue weighted by molar-refractivity contribution is 0.719. The first-order valence-corrected chi connectivity index (χ1v) is 7.33. The molecule has 0 aliphatic heterocycles. The predicted octanol–water partition coefficient (Wildman–Crippen LogP) is 3.71. The molecule has 0 fully saturated rings. The van der Waals surface area contributed by atoms with Crippen LogP contribution in [0.15, 0.2) is 41.2 Å². The molecule has 0 unspecified atom stereocenters. The molecule has 0 saturated heterocycles. The summed E-state index contributed by atoms with van der Waals surface area (Å²) in [6.07, 6.45) is 0. The molecule has 0 amide bonds. The quantitative estimate of drug-likeness (QED) is 0.703. The van der Waals surface area contributed by atoms with Gasteiger partial charge in [-0.25, -0.2) is 0 Å². The average Bonchev–Trinajstić information content (AvgIpc) is 2.84. The van der Waals surface area contributed by atoms with Crippen molar-refractivity contribution in [3.05, 3.63) is 63.7 Å². The van der Waals surface area contributed by atoms with E-state index in [1.807, 2.05) is 43.4 Å². The summed E-state index contributed by atoms with van der Waals surface area (Å²) in [7, 11) is 0. The van der Waals surface area contributed by atoms with Crippen LogP contribution in [0.3, 0.4) is 0 Å². The lowest BCUT2D eigenvalue weighted by Crippen LogP contribution is -2.23. The Morgan fingerprint density at radius 1 is 1.00 bits per heavy atom. The molecule has 0 N–H and O–H groups in total. The molecule has 2 aromatic heterocycles. The summed E-state index contributed by atoms with van der Waals surface area (Å²) < 4.78 is 4.05. The van der Waals surface area contributed by atoms with Gasteiger partial charge in [-0.1, -0.05) is 30.3 Å². The Morgan fingerprint density at radius 3 is 2.29 bits per heavy atom. The van der Waals surface area contributed by atoms with Gasteiger partial charge in [-0.05, 0) is 39.3 Å². The van der Waals surface area contributed by atoms with E-state index in [0.717, 1.165) is 40.3 Å². The van der Waals surface area contributed by atoms with Crippen LogP contribution >= 0.6 is 0 Å². The molecule has 21 heavy (non-hydrogen) atoms. The van der Waals surface area contributed by atoms with Gasteiger partial charge >= 0.3 is 0 Å². The summed E-state index contributed by atoms with van der Waals surface area (Å²) in [4.78, 5) is 12.6.